The van der Waals surface area contributed by atoms with E-state index in [0.717, 1.165) is 25.9 Å². The summed E-state index contributed by atoms with van der Waals surface area (Å²) in [6.45, 7) is 7.26. The Morgan fingerprint density at radius 1 is 1.08 bits per heavy atom. The summed E-state index contributed by atoms with van der Waals surface area (Å²) in [4.78, 5) is 40.9. The number of nitrogens with one attached hydrogen (secondary N) is 1. The van der Waals surface area contributed by atoms with Gasteiger partial charge in [0.15, 0.2) is 0 Å². The zero-order chi connectivity index (χ0) is 19.4. The van der Waals surface area contributed by atoms with Crippen LogP contribution < -0.4 is 5.32 Å². The Balaban J connectivity index is 2.07. The highest BCUT2D eigenvalue weighted by Crippen LogP contribution is 2.31. The van der Waals surface area contributed by atoms with E-state index in [0.29, 0.717) is 19.4 Å². The van der Waals surface area contributed by atoms with E-state index in [-0.39, 0.29) is 25.0 Å². The fourth-order valence-corrected chi connectivity index (χ4v) is 3.55. The number of hydrogen-bond acceptors (Lipinski definition) is 5. The number of nitrogens with zero attached hydrogens (tertiary/aromatic N) is 2. The fourth-order valence-electron chi connectivity index (χ4n) is 3.55. The van der Waals surface area contributed by atoms with Gasteiger partial charge in [0.2, 0.25) is 11.8 Å². The third kappa shape index (κ3) is 4.66. The first-order valence-corrected chi connectivity index (χ1v) is 9.25. The Kier molecular flexibility index (Phi) is 6.49. The van der Waals surface area contributed by atoms with Crippen LogP contribution in [0.5, 0.6) is 0 Å². The second-order valence-corrected chi connectivity index (χ2v) is 7.97. The van der Waals surface area contributed by atoms with Gasteiger partial charge in [0.05, 0.1) is 13.2 Å². The summed E-state index contributed by atoms with van der Waals surface area (Å²) >= 11 is 0. The Morgan fingerprint density at radius 2 is 1.73 bits per heavy atom. The molecular formula is C18H31N3O5. The van der Waals surface area contributed by atoms with Crippen LogP contribution in [-0.4, -0.2) is 78.7 Å². The molecule has 2 fully saturated rings. The molecule has 2 saturated heterocycles. The third-order valence-electron chi connectivity index (χ3n) is 4.77. The van der Waals surface area contributed by atoms with Crippen molar-refractivity contribution in [1.29, 1.82) is 0 Å². The molecule has 2 heterocycles. The maximum absolute atomic E-state index is 12.9. The van der Waals surface area contributed by atoms with Crippen molar-refractivity contribution in [1.82, 2.24) is 15.1 Å². The minimum atomic E-state index is -1.14. The van der Waals surface area contributed by atoms with Gasteiger partial charge in [-0.15, -0.1) is 0 Å². The smallest absolute Gasteiger partial charge is 0.411 e. The minimum Gasteiger partial charge on any atom is -0.444 e. The van der Waals surface area contributed by atoms with Gasteiger partial charge >= 0.3 is 6.09 Å². The predicted octanol–water partition coefficient (Wildman–Crippen LogP) is 1.14. The Hall–Kier alpha value is -1.83. The van der Waals surface area contributed by atoms with E-state index in [4.69, 9.17) is 9.47 Å². The van der Waals surface area contributed by atoms with Gasteiger partial charge < -0.3 is 19.7 Å². The molecule has 1 unspecified atom stereocenters. The van der Waals surface area contributed by atoms with Gasteiger partial charge in [-0.3, -0.25) is 14.5 Å². The SMILES string of the molecule is COCC1(C(=O)NCC(=O)N2CCCC2)CCCN1C(=O)OC(C)(C)C. The molecule has 0 aromatic heterocycles. The first-order chi connectivity index (χ1) is 12.2. The summed E-state index contributed by atoms with van der Waals surface area (Å²) in [7, 11) is 1.50. The number of methoxy groups -OCH3 is 1. The molecular weight excluding hydrogens is 338 g/mol. The van der Waals surface area contributed by atoms with Crippen LogP contribution in [0.3, 0.4) is 0 Å². The highest BCUT2D eigenvalue weighted by Gasteiger charge is 2.51. The lowest BCUT2D eigenvalue weighted by atomic mass is 9.96. The molecule has 8 nitrogen and oxygen atoms in total. The summed E-state index contributed by atoms with van der Waals surface area (Å²) in [5.41, 5.74) is -1.79. The number of rotatable bonds is 5. The average molecular weight is 369 g/mol. The predicted molar refractivity (Wildman–Crippen MR) is 95.6 cm³/mol. The maximum atomic E-state index is 12.9. The Bertz CT molecular complexity index is 539. The Labute approximate surface area is 155 Å². The molecule has 0 aromatic rings. The van der Waals surface area contributed by atoms with Gasteiger partial charge in [-0.2, -0.15) is 0 Å². The molecule has 2 aliphatic heterocycles. The van der Waals surface area contributed by atoms with Crippen molar-refractivity contribution in [2.45, 2.75) is 57.6 Å². The molecule has 0 aliphatic carbocycles. The molecule has 3 amide bonds. The molecule has 1 atom stereocenters. The minimum absolute atomic E-state index is 0.0630. The van der Waals surface area contributed by atoms with Gasteiger partial charge in [-0.05, 0) is 46.5 Å². The lowest BCUT2D eigenvalue weighted by Gasteiger charge is -2.37. The van der Waals surface area contributed by atoms with Gasteiger partial charge in [0, 0.05) is 26.7 Å². The summed E-state index contributed by atoms with van der Waals surface area (Å²) in [6, 6.07) is 0. The number of carbonyl (C=O) groups is 3. The topological polar surface area (TPSA) is 88.2 Å². The lowest BCUT2D eigenvalue weighted by molar-refractivity contribution is -0.138. The third-order valence-corrected chi connectivity index (χ3v) is 4.77. The van der Waals surface area contributed by atoms with E-state index < -0.39 is 17.2 Å². The fraction of sp³-hybridized carbons (Fsp3) is 0.833. The number of hydrogen-bond donors (Lipinski definition) is 1. The van der Waals surface area contributed by atoms with Crippen molar-refractivity contribution in [3.8, 4) is 0 Å². The van der Waals surface area contributed by atoms with E-state index >= 15 is 0 Å². The molecule has 0 spiro atoms. The monoisotopic (exact) mass is 369 g/mol. The highest BCUT2D eigenvalue weighted by molar-refractivity contribution is 5.93. The van der Waals surface area contributed by atoms with Crippen LogP contribution in [-0.2, 0) is 19.1 Å². The molecule has 0 saturated carbocycles. The zero-order valence-electron chi connectivity index (χ0n) is 16.3. The second-order valence-electron chi connectivity index (χ2n) is 7.97. The molecule has 2 aliphatic rings. The average Bonchev–Trinajstić information content (AvgIpc) is 3.21. The number of ether oxygens (including phenoxy) is 2. The van der Waals surface area contributed by atoms with E-state index in [2.05, 4.69) is 5.32 Å². The summed E-state index contributed by atoms with van der Waals surface area (Å²) in [5, 5.41) is 2.72. The Morgan fingerprint density at radius 3 is 2.31 bits per heavy atom. The molecule has 8 heteroatoms. The maximum Gasteiger partial charge on any atom is 0.411 e. The highest BCUT2D eigenvalue weighted by atomic mass is 16.6. The van der Waals surface area contributed by atoms with Crippen LogP contribution >= 0.6 is 0 Å². The van der Waals surface area contributed by atoms with Gasteiger partial charge in [0.25, 0.3) is 0 Å². The molecule has 0 aromatic carbocycles. The summed E-state index contributed by atoms with van der Waals surface area (Å²) < 4.78 is 10.7. The number of amides is 3. The van der Waals surface area contributed by atoms with Gasteiger partial charge in [0.1, 0.15) is 11.1 Å². The van der Waals surface area contributed by atoms with Crippen LogP contribution in [0.4, 0.5) is 4.79 Å². The molecule has 0 bridgehead atoms. The number of likely N-dealkylation sites (tertiary alicyclic amines) is 2. The van der Waals surface area contributed by atoms with E-state index in [9.17, 15) is 14.4 Å². The molecule has 26 heavy (non-hydrogen) atoms. The van der Waals surface area contributed by atoms with Crippen molar-refractivity contribution >= 4 is 17.9 Å². The van der Waals surface area contributed by atoms with Crippen LogP contribution in [0, 0.1) is 0 Å². The van der Waals surface area contributed by atoms with E-state index in [1.165, 1.54) is 12.0 Å². The molecule has 0 radical (unpaired) electrons. The van der Waals surface area contributed by atoms with Gasteiger partial charge in [-0.25, -0.2) is 4.79 Å². The standard InChI is InChI=1S/C18H31N3O5/c1-17(2,3)26-16(24)21-11-7-8-18(21,13-25-4)15(23)19-12-14(22)20-9-5-6-10-20/h5-13H2,1-4H3,(H,19,23). The van der Waals surface area contributed by atoms with Crippen LogP contribution in [0.25, 0.3) is 0 Å². The van der Waals surface area contributed by atoms with Crippen molar-refractivity contribution in [2.24, 2.45) is 0 Å². The quantitative estimate of drug-likeness (QED) is 0.785. The zero-order valence-corrected chi connectivity index (χ0v) is 16.3. The first-order valence-electron chi connectivity index (χ1n) is 9.25. The van der Waals surface area contributed by atoms with Crippen molar-refractivity contribution in [2.75, 3.05) is 39.9 Å². The van der Waals surface area contributed by atoms with Crippen LogP contribution in [0.2, 0.25) is 0 Å². The summed E-state index contributed by atoms with van der Waals surface area (Å²) in [6.07, 6.45) is 2.62. The summed E-state index contributed by atoms with van der Waals surface area (Å²) in [5.74, 6) is -0.458. The molecule has 2 rings (SSSR count). The lowest BCUT2D eigenvalue weighted by Crippen LogP contribution is -2.61. The van der Waals surface area contributed by atoms with Crippen LogP contribution in [0.15, 0.2) is 0 Å². The second kappa shape index (κ2) is 8.24. The molecule has 148 valence electrons. The van der Waals surface area contributed by atoms with Crippen molar-refractivity contribution in [3.63, 3.8) is 0 Å². The number of carbonyl (C=O) groups excluding carboxylic acids is 3. The van der Waals surface area contributed by atoms with Crippen molar-refractivity contribution < 1.29 is 23.9 Å². The largest absolute Gasteiger partial charge is 0.444 e. The van der Waals surface area contributed by atoms with E-state index in [1.807, 2.05) is 0 Å². The van der Waals surface area contributed by atoms with E-state index in [1.54, 1.807) is 25.7 Å². The van der Waals surface area contributed by atoms with Gasteiger partial charge in [-0.1, -0.05) is 0 Å². The normalized spacial score (nSPS) is 23.2. The first kappa shape index (κ1) is 20.5. The molecule has 1 N–H and O–H groups in total. The van der Waals surface area contributed by atoms with Crippen molar-refractivity contribution in [3.05, 3.63) is 0 Å². The van der Waals surface area contributed by atoms with Crippen LogP contribution in [0.1, 0.15) is 46.5 Å².